The lowest BCUT2D eigenvalue weighted by Gasteiger charge is -2.12. The standard InChI is InChI=1S/C15H19N3O5/c1-9-6-12(18-17-9)16-13(19)8-23-15(21)11-5-3-4-10(7-11)14(20)22-2/h3-5,7,9,12,17-18H,6,8H2,1-2H3,(H,16,19). The highest BCUT2D eigenvalue weighted by atomic mass is 16.5. The molecule has 1 aliphatic heterocycles. The van der Waals surface area contributed by atoms with E-state index in [2.05, 4.69) is 20.9 Å². The second-order valence-electron chi connectivity index (χ2n) is 5.19. The number of carbonyl (C=O) groups is 3. The first-order valence-electron chi connectivity index (χ1n) is 7.15. The summed E-state index contributed by atoms with van der Waals surface area (Å²) in [6.07, 6.45) is 0.541. The van der Waals surface area contributed by atoms with Crippen LogP contribution in [0.1, 0.15) is 34.1 Å². The van der Waals surface area contributed by atoms with Crippen molar-refractivity contribution in [2.24, 2.45) is 0 Å². The van der Waals surface area contributed by atoms with Crippen molar-refractivity contribution in [3.8, 4) is 0 Å². The molecular formula is C15H19N3O5. The lowest BCUT2D eigenvalue weighted by atomic mass is 10.1. The molecule has 124 valence electrons. The molecule has 8 heteroatoms. The molecule has 2 atom stereocenters. The molecule has 0 spiro atoms. The van der Waals surface area contributed by atoms with Gasteiger partial charge in [0.25, 0.3) is 5.91 Å². The minimum atomic E-state index is -0.684. The van der Waals surface area contributed by atoms with Crippen LogP contribution in [0, 0.1) is 0 Å². The number of hydrogen-bond donors (Lipinski definition) is 3. The van der Waals surface area contributed by atoms with Gasteiger partial charge in [-0.1, -0.05) is 6.07 Å². The summed E-state index contributed by atoms with van der Waals surface area (Å²) in [4.78, 5) is 35.1. The average molecular weight is 321 g/mol. The van der Waals surface area contributed by atoms with Crippen molar-refractivity contribution in [3.05, 3.63) is 35.4 Å². The van der Waals surface area contributed by atoms with E-state index >= 15 is 0 Å². The number of hydrogen-bond acceptors (Lipinski definition) is 7. The summed E-state index contributed by atoms with van der Waals surface area (Å²) in [6, 6.07) is 6.17. The fraction of sp³-hybridized carbons (Fsp3) is 0.400. The van der Waals surface area contributed by atoms with Crippen molar-refractivity contribution in [2.45, 2.75) is 25.6 Å². The highest BCUT2D eigenvalue weighted by molar-refractivity contribution is 5.96. The Bertz CT molecular complexity index is 605. The van der Waals surface area contributed by atoms with Gasteiger partial charge in [0.05, 0.1) is 24.4 Å². The number of methoxy groups -OCH3 is 1. The number of hydrazine groups is 1. The van der Waals surface area contributed by atoms with Gasteiger partial charge in [0.2, 0.25) is 0 Å². The third-order valence-corrected chi connectivity index (χ3v) is 3.28. The van der Waals surface area contributed by atoms with E-state index in [-0.39, 0.29) is 23.3 Å². The first kappa shape index (κ1) is 16.9. The fourth-order valence-electron chi connectivity index (χ4n) is 2.15. The maximum Gasteiger partial charge on any atom is 0.338 e. The molecule has 0 radical (unpaired) electrons. The summed E-state index contributed by atoms with van der Waals surface area (Å²) in [6.45, 7) is 1.58. The van der Waals surface area contributed by atoms with Gasteiger partial charge in [0.1, 0.15) is 0 Å². The third-order valence-electron chi connectivity index (χ3n) is 3.28. The quantitative estimate of drug-likeness (QED) is 0.653. The highest BCUT2D eigenvalue weighted by Gasteiger charge is 2.22. The third kappa shape index (κ3) is 4.76. The van der Waals surface area contributed by atoms with Crippen LogP contribution in [0.25, 0.3) is 0 Å². The first-order chi connectivity index (χ1) is 11.0. The van der Waals surface area contributed by atoms with Gasteiger partial charge >= 0.3 is 11.9 Å². The van der Waals surface area contributed by atoms with Crippen molar-refractivity contribution in [1.29, 1.82) is 0 Å². The van der Waals surface area contributed by atoms with Crippen LogP contribution in [0.2, 0.25) is 0 Å². The largest absolute Gasteiger partial charge is 0.465 e. The highest BCUT2D eigenvalue weighted by Crippen LogP contribution is 2.08. The van der Waals surface area contributed by atoms with Crippen LogP contribution in [-0.4, -0.2) is 43.8 Å². The van der Waals surface area contributed by atoms with Crippen LogP contribution < -0.4 is 16.2 Å². The average Bonchev–Trinajstić information content (AvgIpc) is 2.96. The number of ether oxygens (including phenoxy) is 2. The number of esters is 2. The molecule has 0 saturated carbocycles. The number of carbonyl (C=O) groups excluding carboxylic acids is 3. The molecule has 1 heterocycles. The maximum absolute atomic E-state index is 11.9. The van der Waals surface area contributed by atoms with E-state index in [1.807, 2.05) is 6.92 Å². The summed E-state index contributed by atoms with van der Waals surface area (Å²) in [5.74, 6) is -1.64. The number of rotatable bonds is 5. The molecule has 3 N–H and O–H groups in total. The van der Waals surface area contributed by atoms with Crippen molar-refractivity contribution in [1.82, 2.24) is 16.2 Å². The molecule has 2 rings (SSSR count). The van der Waals surface area contributed by atoms with Crippen LogP contribution in [0.3, 0.4) is 0 Å². The number of benzene rings is 1. The van der Waals surface area contributed by atoms with E-state index in [0.29, 0.717) is 0 Å². The monoisotopic (exact) mass is 321 g/mol. The molecular weight excluding hydrogens is 302 g/mol. The Hall–Kier alpha value is -2.45. The van der Waals surface area contributed by atoms with Crippen LogP contribution in [0.5, 0.6) is 0 Å². The molecule has 1 saturated heterocycles. The fourth-order valence-corrected chi connectivity index (χ4v) is 2.15. The summed E-state index contributed by atoms with van der Waals surface area (Å²) < 4.78 is 9.53. The van der Waals surface area contributed by atoms with E-state index in [1.54, 1.807) is 6.07 Å². The molecule has 8 nitrogen and oxygen atoms in total. The second-order valence-corrected chi connectivity index (χ2v) is 5.19. The van der Waals surface area contributed by atoms with Crippen LogP contribution in [-0.2, 0) is 14.3 Å². The lowest BCUT2D eigenvalue weighted by molar-refractivity contribution is -0.125. The van der Waals surface area contributed by atoms with Gasteiger partial charge in [-0.2, -0.15) is 0 Å². The zero-order valence-electron chi connectivity index (χ0n) is 12.9. The molecule has 1 amide bonds. The molecule has 23 heavy (non-hydrogen) atoms. The van der Waals surface area contributed by atoms with Gasteiger partial charge in [0, 0.05) is 6.04 Å². The second kappa shape index (κ2) is 7.70. The van der Waals surface area contributed by atoms with Crippen molar-refractivity contribution < 1.29 is 23.9 Å². The van der Waals surface area contributed by atoms with Crippen LogP contribution in [0.15, 0.2) is 24.3 Å². The summed E-state index contributed by atoms with van der Waals surface area (Å²) in [5, 5.41) is 2.69. The van der Waals surface area contributed by atoms with Crippen LogP contribution >= 0.6 is 0 Å². The Kier molecular flexibility index (Phi) is 5.67. The van der Waals surface area contributed by atoms with Crippen molar-refractivity contribution in [2.75, 3.05) is 13.7 Å². The Balaban J connectivity index is 1.84. The van der Waals surface area contributed by atoms with E-state index in [1.165, 1.54) is 25.3 Å². The molecule has 0 aromatic heterocycles. The van der Waals surface area contributed by atoms with Gasteiger partial charge in [-0.3, -0.25) is 10.2 Å². The number of amides is 1. The van der Waals surface area contributed by atoms with Gasteiger partial charge in [-0.25, -0.2) is 15.0 Å². The van der Waals surface area contributed by atoms with Gasteiger partial charge in [-0.15, -0.1) is 0 Å². The molecule has 1 aromatic rings. The predicted molar refractivity (Wildman–Crippen MR) is 80.3 cm³/mol. The predicted octanol–water partition coefficient (Wildman–Crippen LogP) is -0.0413. The summed E-state index contributed by atoms with van der Waals surface area (Å²) in [7, 11) is 1.25. The van der Waals surface area contributed by atoms with Crippen LogP contribution in [0.4, 0.5) is 0 Å². The van der Waals surface area contributed by atoms with E-state index in [0.717, 1.165) is 6.42 Å². The van der Waals surface area contributed by atoms with Gasteiger partial charge < -0.3 is 14.8 Å². The molecule has 0 bridgehead atoms. The molecule has 1 aromatic carbocycles. The Morgan fingerprint density at radius 3 is 2.52 bits per heavy atom. The summed E-state index contributed by atoms with van der Waals surface area (Å²) >= 11 is 0. The molecule has 1 fully saturated rings. The van der Waals surface area contributed by atoms with Gasteiger partial charge in [0.15, 0.2) is 6.61 Å². The van der Waals surface area contributed by atoms with E-state index in [9.17, 15) is 14.4 Å². The minimum absolute atomic E-state index is 0.176. The van der Waals surface area contributed by atoms with E-state index < -0.39 is 24.5 Å². The molecule has 0 aliphatic carbocycles. The minimum Gasteiger partial charge on any atom is -0.465 e. The van der Waals surface area contributed by atoms with Crippen molar-refractivity contribution >= 4 is 17.8 Å². The smallest absolute Gasteiger partial charge is 0.338 e. The SMILES string of the molecule is COC(=O)c1cccc(C(=O)OCC(=O)NC2CC(C)NN2)c1. The number of nitrogens with one attached hydrogen (secondary N) is 3. The van der Waals surface area contributed by atoms with Gasteiger partial charge in [-0.05, 0) is 31.5 Å². The van der Waals surface area contributed by atoms with Crippen molar-refractivity contribution in [3.63, 3.8) is 0 Å². The molecule has 1 aliphatic rings. The maximum atomic E-state index is 11.9. The normalized spacial score (nSPS) is 19.9. The molecule has 2 unspecified atom stereocenters. The van der Waals surface area contributed by atoms with E-state index in [4.69, 9.17) is 4.74 Å². The zero-order valence-corrected chi connectivity index (χ0v) is 12.9. The zero-order chi connectivity index (χ0) is 16.8. The topological polar surface area (TPSA) is 106 Å². The Morgan fingerprint density at radius 1 is 1.22 bits per heavy atom. The summed E-state index contributed by atoms with van der Waals surface area (Å²) in [5.41, 5.74) is 6.29. The first-order valence-corrected chi connectivity index (χ1v) is 7.15. The Morgan fingerprint density at radius 2 is 1.91 bits per heavy atom. The Labute approximate surface area is 133 Å². The lowest BCUT2D eigenvalue weighted by Crippen LogP contribution is -2.45.